The Kier molecular flexibility index (Phi) is 4.46. The summed E-state index contributed by atoms with van der Waals surface area (Å²) in [4.78, 5) is 8.62. The van der Waals surface area contributed by atoms with Crippen LogP contribution in [-0.4, -0.2) is 9.97 Å². The molecule has 0 spiro atoms. The summed E-state index contributed by atoms with van der Waals surface area (Å²) in [6.45, 7) is 4.56. The van der Waals surface area contributed by atoms with Gasteiger partial charge in [-0.25, -0.2) is 0 Å². The molecule has 0 aromatic carbocycles. The molecule has 0 saturated heterocycles. The maximum Gasteiger partial charge on any atom is 0.0406 e. The lowest BCUT2D eigenvalue weighted by Crippen LogP contribution is -2.15. The van der Waals surface area contributed by atoms with Crippen molar-refractivity contribution in [3.8, 4) is 0 Å². The van der Waals surface area contributed by atoms with E-state index >= 15 is 0 Å². The third-order valence-corrected chi connectivity index (χ3v) is 3.36. The number of nitrogens with zero attached hydrogens (tertiary/aromatic N) is 2. The number of hydrogen-bond donors (Lipinski definition) is 0. The van der Waals surface area contributed by atoms with Gasteiger partial charge in [0, 0.05) is 24.3 Å². The Bertz CT molecular complexity index is 410. The van der Waals surface area contributed by atoms with E-state index in [0.29, 0.717) is 11.8 Å². The molecule has 0 aliphatic heterocycles. The predicted molar refractivity (Wildman–Crippen MR) is 74.2 cm³/mol. The zero-order valence-corrected chi connectivity index (χ0v) is 11.1. The Balaban J connectivity index is 2.05. The minimum absolute atomic E-state index is 0.615. The maximum absolute atomic E-state index is 4.43. The molecule has 2 aromatic rings. The van der Waals surface area contributed by atoms with E-state index in [-0.39, 0.29) is 0 Å². The monoisotopic (exact) mass is 240 g/mol. The summed E-state index contributed by atoms with van der Waals surface area (Å²) in [6.07, 6.45) is 7.77. The van der Waals surface area contributed by atoms with Gasteiger partial charge >= 0.3 is 0 Å². The van der Waals surface area contributed by atoms with Crippen molar-refractivity contribution in [2.45, 2.75) is 26.7 Å². The number of pyridine rings is 2. The SMILES string of the molecule is CC(C)C(Cc1cccnc1)Cc1ccccn1. The summed E-state index contributed by atoms with van der Waals surface area (Å²) < 4.78 is 0. The lowest BCUT2D eigenvalue weighted by atomic mass is 9.86. The molecule has 2 nitrogen and oxygen atoms in total. The van der Waals surface area contributed by atoms with Crippen molar-refractivity contribution >= 4 is 0 Å². The van der Waals surface area contributed by atoms with E-state index in [1.54, 1.807) is 0 Å². The quantitative estimate of drug-likeness (QED) is 0.799. The molecule has 0 aliphatic rings. The molecule has 0 amide bonds. The lowest BCUT2D eigenvalue weighted by molar-refractivity contribution is 0.376. The molecule has 0 bridgehead atoms. The normalized spacial score (nSPS) is 12.6. The molecule has 1 unspecified atom stereocenters. The van der Waals surface area contributed by atoms with Crippen LogP contribution in [0.15, 0.2) is 48.9 Å². The minimum atomic E-state index is 0.615. The first-order valence-electron chi connectivity index (χ1n) is 6.54. The molecular formula is C16H20N2. The van der Waals surface area contributed by atoms with Crippen LogP contribution >= 0.6 is 0 Å². The molecule has 2 aromatic heterocycles. The maximum atomic E-state index is 4.43. The Labute approximate surface area is 109 Å². The standard InChI is InChI=1S/C16H20N2/c1-13(2)15(10-14-6-5-8-17-12-14)11-16-7-3-4-9-18-16/h3-9,12-13,15H,10-11H2,1-2H3. The van der Waals surface area contributed by atoms with E-state index in [1.165, 1.54) is 11.3 Å². The molecule has 2 heteroatoms. The zero-order chi connectivity index (χ0) is 12.8. The Hall–Kier alpha value is -1.70. The Morgan fingerprint density at radius 1 is 1.00 bits per heavy atom. The van der Waals surface area contributed by atoms with E-state index in [4.69, 9.17) is 0 Å². The summed E-state index contributed by atoms with van der Waals surface area (Å²) in [5.41, 5.74) is 2.49. The fraction of sp³-hybridized carbons (Fsp3) is 0.375. The van der Waals surface area contributed by atoms with Crippen molar-refractivity contribution in [1.29, 1.82) is 0 Å². The molecule has 0 fully saturated rings. The zero-order valence-electron chi connectivity index (χ0n) is 11.1. The van der Waals surface area contributed by atoms with Gasteiger partial charge in [-0.05, 0) is 48.4 Å². The second-order valence-corrected chi connectivity index (χ2v) is 5.09. The summed E-state index contributed by atoms with van der Waals surface area (Å²) >= 11 is 0. The largest absolute Gasteiger partial charge is 0.264 e. The van der Waals surface area contributed by atoms with Crippen LogP contribution in [0.2, 0.25) is 0 Å². The van der Waals surface area contributed by atoms with Crippen molar-refractivity contribution in [2.24, 2.45) is 11.8 Å². The third kappa shape index (κ3) is 3.66. The summed E-state index contributed by atoms with van der Waals surface area (Å²) in [6, 6.07) is 10.3. The van der Waals surface area contributed by atoms with Crippen LogP contribution in [0.1, 0.15) is 25.1 Å². The molecule has 0 N–H and O–H groups in total. The van der Waals surface area contributed by atoms with Crippen LogP contribution in [0.5, 0.6) is 0 Å². The van der Waals surface area contributed by atoms with E-state index in [2.05, 4.69) is 42.0 Å². The van der Waals surface area contributed by atoms with E-state index < -0.39 is 0 Å². The summed E-state index contributed by atoms with van der Waals surface area (Å²) in [5, 5.41) is 0. The fourth-order valence-corrected chi connectivity index (χ4v) is 2.15. The first-order chi connectivity index (χ1) is 8.75. The van der Waals surface area contributed by atoms with Crippen LogP contribution in [0.3, 0.4) is 0 Å². The Morgan fingerprint density at radius 2 is 1.89 bits per heavy atom. The minimum Gasteiger partial charge on any atom is -0.264 e. The van der Waals surface area contributed by atoms with Crippen molar-refractivity contribution in [2.75, 3.05) is 0 Å². The first-order valence-corrected chi connectivity index (χ1v) is 6.54. The topological polar surface area (TPSA) is 25.8 Å². The van der Waals surface area contributed by atoms with E-state index in [0.717, 1.165) is 12.8 Å². The van der Waals surface area contributed by atoms with Crippen molar-refractivity contribution in [3.05, 3.63) is 60.2 Å². The lowest BCUT2D eigenvalue weighted by Gasteiger charge is -2.20. The van der Waals surface area contributed by atoms with Gasteiger partial charge in [0.1, 0.15) is 0 Å². The summed E-state index contributed by atoms with van der Waals surface area (Å²) in [5.74, 6) is 1.26. The van der Waals surface area contributed by atoms with Gasteiger partial charge in [0.05, 0.1) is 0 Å². The van der Waals surface area contributed by atoms with Crippen molar-refractivity contribution < 1.29 is 0 Å². The van der Waals surface area contributed by atoms with Gasteiger partial charge in [0.15, 0.2) is 0 Å². The second kappa shape index (κ2) is 6.29. The van der Waals surface area contributed by atoms with Crippen molar-refractivity contribution in [1.82, 2.24) is 9.97 Å². The smallest absolute Gasteiger partial charge is 0.0406 e. The highest BCUT2D eigenvalue weighted by molar-refractivity contribution is 5.11. The molecule has 2 heterocycles. The van der Waals surface area contributed by atoms with Crippen LogP contribution in [-0.2, 0) is 12.8 Å². The van der Waals surface area contributed by atoms with E-state index in [9.17, 15) is 0 Å². The number of hydrogen-bond acceptors (Lipinski definition) is 2. The first kappa shape index (κ1) is 12.7. The molecule has 0 saturated carbocycles. The Morgan fingerprint density at radius 3 is 2.50 bits per heavy atom. The van der Waals surface area contributed by atoms with E-state index in [1.807, 2.05) is 30.7 Å². The molecule has 2 rings (SSSR count). The number of aromatic nitrogens is 2. The molecule has 1 atom stereocenters. The van der Waals surface area contributed by atoms with Gasteiger partial charge in [0.25, 0.3) is 0 Å². The molecule has 18 heavy (non-hydrogen) atoms. The van der Waals surface area contributed by atoms with Crippen LogP contribution < -0.4 is 0 Å². The predicted octanol–water partition coefficient (Wildman–Crippen LogP) is 3.53. The fourth-order valence-electron chi connectivity index (χ4n) is 2.15. The van der Waals surface area contributed by atoms with Crippen LogP contribution in [0.4, 0.5) is 0 Å². The second-order valence-electron chi connectivity index (χ2n) is 5.09. The molecular weight excluding hydrogens is 220 g/mol. The highest BCUT2D eigenvalue weighted by Gasteiger charge is 2.15. The van der Waals surface area contributed by atoms with Gasteiger partial charge < -0.3 is 0 Å². The average Bonchev–Trinajstić information content (AvgIpc) is 2.40. The molecule has 94 valence electrons. The average molecular weight is 240 g/mol. The highest BCUT2D eigenvalue weighted by Crippen LogP contribution is 2.20. The third-order valence-electron chi connectivity index (χ3n) is 3.36. The van der Waals surface area contributed by atoms with Gasteiger partial charge in [-0.3, -0.25) is 9.97 Å². The van der Waals surface area contributed by atoms with Gasteiger partial charge in [-0.2, -0.15) is 0 Å². The van der Waals surface area contributed by atoms with Gasteiger partial charge in [-0.1, -0.05) is 26.0 Å². The van der Waals surface area contributed by atoms with Crippen LogP contribution in [0, 0.1) is 11.8 Å². The molecule has 0 radical (unpaired) electrons. The summed E-state index contributed by atoms with van der Waals surface area (Å²) in [7, 11) is 0. The van der Waals surface area contributed by atoms with Gasteiger partial charge in [-0.15, -0.1) is 0 Å². The van der Waals surface area contributed by atoms with Crippen molar-refractivity contribution in [3.63, 3.8) is 0 Å². The molecule has 0 aliphatic carbocycles. The van der Waals surface area contributed by atoms with Gasteiger partial charge in [0.2, 0.25) is 0 Å². The van der Waals surface area contributed by atoms with Crippen LogP contribution in [0.25, 0.3) is 0 Å². The highest BCUT2D eigenvalue weighted by atomic mass is 14.7. The number of rotatable bonds is 5.